The number of hydrogen-bond donors (Lipinski definition) is 0. The highest BCUT2D eigenvalue weighted by molar-refractivity contribution is 14.1. The van der Waals surface area contributed by atoms with Crippen LogP contribution in [0.15, 0.2) is 48.5 Å². The molecule has 3 rings (SSSR count). The first-order valence-corrected chi connectivity index (χ1v) is 8.72. The van der Waals surface area contributed by atoms with E-state index in [4.69, 9.17) is 0 Å². The van der Waals surface area contributed by atoms with Crippen molar-refractivity contribution >= 4 is 28.5 Å². The molecule has 1 aliphatic heterocycles. The Hall–Kier alpha value is -1.47. The van der Waals surface area contributed by atoms with Gasteiger partial charge < -0.3 is 4.90 Å². The Balaban J connectivity index is 1.59. The van der Waals surface area contributed by atoms with Crippen LogP contribution < -0.4 is 0 Å². The fraction of sp³-hybridized carbons (Fsp3) is 0.278. The quantitative estimate of drug-likeness (QED) is 0.706. The number of hydrogen-bond acceptors (Lipinski definition) is 2. The van der Waals surface area contributed by atoms with Gasteiger partial charge in [-0.1, -0.05) is 30.3 Å². The average molecular weight is 424 g/mol. The molecule has 0 radical (unpaired) electrons. The van der Waals surface area contributed by atoms with Crippen LogP contribution in [0.25, 0.3) is 0 Å². The first kappa shape index (κ1) is 16.4. The first-order valence-electron chi connectivity index (χ1n) is 7.65. The minimum atomic E-state index is -0.162. The molecule has 2 aromatic carbocycles. The molecular weight excluding hydrogens is 406 g/mol. The van der Waals surface area contributed by atoms with Crippen molar-refractivity contribution in [3.8, 4) is 0 Å². The van der Waals surface area contributed by atoms with E-state index in [1.54, 1.807) is 6.07 Å². The van der Waals surface area contributed by atoms with Gasteiger partial charge >= 0.3 is 0 Å². The van der Waals surface area contributed by atoms with Crippen molar-refractivity contribution in [1.29, 1.82) is 0 Å². The molecule has 0 atom stereocenters. The Bertz CT molecular complexity index is 699. The average Bonchev–Trinajstić information content (AvgIpc) is 2.57. The van der Waals surface area contributed by atoms with E-state index in [9.17, 15) is 9.18 Å². The summed E-state index contributed by atoms with van der Waals surface area (Å²) in [6.07, 6.45) is 0. The summed E-state index contributed by atoms with van der Waals surface area (Å²) in [7, 11) is 0. The minimum Gasteiger partial charge on any atom is -0.336 e. The van der Waals surface area contributed by atoms with Crippen LogP contribution >= 0.6 is 22.6 Å². The molecule has 0 aliphatic carbocycles. The third kappa shape index (κ3) is 3.90. The van der Waals surface area contributed by atoms with Gasteiger partial charge in [0.1, 0.15) is 5.82 Å². The maximum atomic E-state index is 13.7. The number of carbonyl (C=O) groups is 1. The molecule has 0 N–H and O–H groups in total. The zero-order valence-corrected chi connectivity index (χ0v) is 14.9. The highest BCUT2D eigenvalue weighted by atomic mass is 127. The van der Waals surface area contributed by atoms with Gasteiger partial charge in [0.15, 0.2) is 0 Å². The van der Waals surface area contributed by atoms with Gasteiger partial charge in [0.05, 0.1) is 5.56 Å². The van der Waals surface area contributed by atoms with Crippen LogP contribution in [0.5, 0.6) is 0 Å². The van der Waals surface area contributed by atoms with Gasteiger partial charge in [-0.05, 0) is 40.8 Å². The third-order valence-electron chi connectivity index (χ3n) is 4.12. The molecule has 2 aromatic rings. The zero-order valence-electron chi connectivity index (χ0n) is 12.7. The smallest absolute Gasteiger partial charge is 0.255 e. The van der Waals surface area contributed by atoms with Gasteiger partial charge in [-0.15, -0.1) is 0 Å². The van der Waals surface area contributed by atoms with Crippen molar-refractivity contribution in [2.45, 2.75) is 6.54 Å². The Kier molecular flexibility index (Phi) is 5.27. The highest BCUT2D eigenvalue weighted by Crippen LogP contribution is 2.17. The predicted molar refractivity (Wildman–Crippen MR) is 96.7 cm³/mol. The van der Waals surface area contributed by atoms with Gasteiger partial charge in [-0.25, -0.2) is 4.39 Å². The van der Waals surface area contributed by atoms with E-state index in [1.807, 2.05) is 41.3 Å². The second-order valence-corrected chi connectivity index (χ2v) is 6.80. The van der Waals surface area contributed by atoms with Gasteiger partial charge in [0.25, 0.3) is 5.91 Å². The molecular formula is C18H18FIN2O. The van der Waals surface area contributed by atoms with E-state index in [0.29, 0.717) is 25.2 Å². The standard InChI is InChI=1S/C18H18FIN2O/c19-16-7-3-1-5-14(16)13-21-9-11-22(12-10-21)18(23)15-6-2-4-8-17(15)20/h1-8H,9-13H2. The van der Waals surface area contributed by atoms with Crippen molar-refractivity contribution in [1.82, 2.24) is 9.80 Å². The maximum Gasteiger partial charge on any atom is 0.255 e. The van der Waals surface area contributed by atoms with Gasteiger partial charge in [-0.3, -0.25) is 9.69 Å². The molecule has 1 saturated heterocycles. The van der Waals surface area contributed by atoms with E-state index in [2.05, 4.69) is 27.5 Å². The topological polar surface area (TPSA) is 23.6 Å². The summed E-state index contributed by atoms with van der Waals surface area (Å²) in [6.45, 7) is 3.49. The van der Waals surface area contributed by atoms with Gasteiger partial charge in [-0.2, -0.15) is 0 Å². The lowest BCUT2D eigenvalue weighted by atomic mass is 10.1. The normalized spacial score (nSPS) is 15.7. The summed E-state index contributed by atoms with van der Waals surface area (Å²) < 4.78 is 14.7. The molecule has 1 heterocycles. The van der Waals surface area contributed by atoms with Gasteiger partial charge in [0, 0.05) is 41.9 Å². The van der Waals surface area contributed by atoms with Crippen molar-refractivity contribution in [2.75, 3.05) is 26.2 Å². The fourth-order valence-electron chi connectivity index (χ4n) is 2.78. The molecule has 0 saturated carbocycles. The Morgan fingerprint density at radius 3 is 2.35 bits per heavy atom. The molecule has 3 nitrogen and oxygen atoms in total. The Morgan fingerprint density at radius 1 is 1.00 bits per heavy atom. The van der Waals surface area contributed by atoms with Crippen molar-refractivity contribution in [3.05, 3.63) is 69.0 Å². The SMILES string of the molecule is O=C(c1ccccc1I)N1CCN(Cc2ccccc2F)CC1. The van der Waals surface area contributed by atoms with E-state index in [1.165, 1.54) is 6.07 Å². The van der Waals surface area contributed by atoms with Gasteiger partial charge in [0.2, 0.25) is 0 Å². The third-order valence-corrected chi connectivity index (χ3v) is 5.06. The summed E-state index contributed by atoms with van der Waals surface area (Å²) in [6, 6.07) is 14.5. The molecule has 1 amide bonds. The number of nitrogens with zero attached hydrogens (tertiary/aromatic N) is 2. The van der Waals surface area contributed by atoms with Crippen LogP contribution in [-0.4, -0.2) is 41.9 Å². The molecule has 0 bridgehead atoms. The first-order chi connectivity index (χ1) is 11.1. The van der Waals surface area contributed by atoms with Crippen LogP contribution in [0, 0.1) is 9.39 Å². The maximum absolute atomic E-state index is 13.7. The Labute approximate surface area is 149 Å². The monoisotopic (exact) mass is 424 g/mol. The number of halogens is 2. The number of amides is 1. The summed E-state index contributed by atoms with van der Waals surface area (Å²) in [5.74, 6) is -0.0783. The molecule has 0 aromatic heterocycles. The molecule has 120 valence electrons. The molecule has 1 fully saturated rings. The highest BCUT2D eigenvalue weighted by Gasteiger charge is 2.23. The lowest BCUT2D eigenvalue weighted by Gasteiger charge is -2.35. The molecule has 23 heavy (non-hydrogen) atoms. The minimum absolute atomic E-state index is 0.0838. The Morgan fingerprint density at radius 2 is 1.65 bits per heavy atom. The van der Waals surface area contributed by atoms with E-state index in [0.717, 1.165) is 22.2 Å². The van der Waals surface area contributed by atoms with Crippen LogP contribution in [0.4, 0.5) is 4.39 Å². The number of carbonyl (C=O) groups excluding carboxylic acids is 1. The lowest BCUT2D eigenvalue weighted by Crippen LogP contribution is -2.48. The van der Waals surface area contributed by atoms with E-state index in [-0.39, 0.29) is 11.7 Å². The predicted octanol–water partition coefficient (Wildman–Crippen LogP) is 3.39. The largest absolute Gasteiger partial charge is 0.336 e. The van der Waals surface area contributed by atoms with Crippen LogP contribution in [-0.2, 0) is 6.54 Å². The molecule has 0 spiro atoms. The van der Waals surface area contributed by atoms with Crippen LogP contribution in [0.2, 0.25) is 0 Å². The summed E-state index contributed by atoms with van der Waals surface area (Å²) in [5.41, 5.74) is 1.47. The second-order valence-electron chi connectivity index (χ2n) is 5.64. The molecule has 1 aliphatic rings. The molecule has 0 unspecified atom stereocenters. The lowest BCUT2D eigenvalue weighted by molar-refractivity contribution is 0.0626. The van der Waals surface area contributed by atoms with Crippen LogP contribution in [0.1, 0.15) is 15.9 Å². The number of piperazine rings is 1. The molecule has 5 heteroatoms. The second kappa shape index (κ2) is 7.40. The number of rotatable bonds is 3. The van der Waals surface area contributed by atoms with Crippen molar-refractivity contribution in [2.24, 2.45) is 0 Å². The van der Waals surface area contributed by atoms with Crippen molar-refractivity contribution in [3.63, 3.8) is 0 Å². The van der Waals surface area contributed by atoms with Crippen molar-refractivity contribution < 1.29 is 9.18 Å². The fourth-order valence-corrected chi connectivity index (χ4v) is 3.40. The summed E-state index contributed by atoms with van der Waals surface area (Å²) in [4.78, 5) is 16.7. The number of benzene rings is 2. The van der Waals surface area contributed by atoms with E-state index < -0.39 is 0 Å². The summed E-state index contributed by atoms with van der Waals surface area (Å²) >= 11 is 2.19. The zero-order chi connectivity index (χ0) is 16.2. The summed E-state index contributed by atoms with van der Waals surface area (Å²) in [5, 5.41) is 0. The van der Waals surface area contributed by atoms with Crippen LogP contribution in [0.3, 0.4) is 0 Å². The van der Waals surface area contributed by atoms with E-state index >= 15 is 0 Å².